The van der Waals surface area contributed by atoms with Crippen LogP contribution in [0.1, 0.15) is 46.6 Å². The first-order valence-electron chi connectivity index (χ1n) is 14.8. The molecule has 1 saturated heterocycles. The Kier molecular flexibility index (Phi) is 7.60. The van der Waals surface area contributed by atoms with Gasteiger partial charge in [0.1, 0.15) is 28.8 Å². The number of nitrogens with one attached hydrogen (secondary N) is 1. The van der Waals surface area contributed by atoms with Crippen molar-refractivity contribution in [2.45, 2.75) is 64.8 Å². The number of nitriles is 1. The first-order chi connectivity index (χ1) is 21.7. The molecule has 2 aromatic carbocycles. The number of benzene rings is 2. The summed E-state index contributed by atoms with van der Waals surface area (Å²) in [5.41, 5.74) is 0.354. The first kappa shape index (κ1) is 30.8. The summed E-state index contributed by atoms with van der Waals surface area (Å²) in [6.07, 6.45) is 3.34. The lowest BCUT2D eigenvalue weighted by molar-refractivity contribution is 0.0508. The highest BCUT2D eigenvalue weighted by Gasteiger charge is 2.30. The van der Waals surface area contributed by atoms with Crippen molar-refractivity contribution in [1.29, 1.82) is 5.26 Å². The van der Waals surface area contributed by atoms with Gasteiger partial charge in [-0.1, -0.05) is 11.3 Å². The Morgan fingerprint density at radius 2 is 1.96 bits per heavy atom. The molecule has 1 fully saturated rings. The van der Waals surface area contributed by atoms with Gasteiger partial charge in [0.2, 0.25) is 0 Å². The minimum Gasteiger partial charge on any atom is -0.444 e. The minimum absolute atomic E-state index is 0.0995. The fourth-order valence-corrected chi connectivity index (χ4v) is 5.60. The van der Waals surface area contributed by atoms with E-state index in [-0.39, 0.29) is 29.4 Å². The van der Waals surface area contributed by atoms with Gasteiger partial charge in [0.25, 0.3) is 0 Å². The number of hydrogen-bond acceptors (Lipinski definition) is 9. The molecule has 12 nitrogen and oxygen atoms in total. The topological polar surface area (TPSA) is 146 Å². The molecule has 1 aliphatic rings. The molecule has 238 valence electrons. The molecule has 6 rings (SSSR count). The van der Waals surface area contributed by atoms with Crippen molar-refractivity contribution in [3.63, 3.8) is 0 Å². The van der Waals surface area contributed by atoms with Crippen LogP contribution >= 0.6 is 0 Å². The lowest BCUT2D eigenvalue weighted by atomic mass is 10.0. The van der Waals surface area contributed by atoms with Crippen LogP contribution in [0.3, 0.4) is 0 Å². The lowest BCUT2D eigenvalue weighted by Gasteiger charge is -2.22. The molecule has 0 radical (unpaired) electrons. The molecule has 0 spiro atoms. The number of fused-ring (bicyclic) bond motifs is 2. The summed E-state index contributed by atoms with van der Waals surface area (Å²) in [4.78, 5) is 23.8. The van der Waals surface area contributed by atoms with E-state index in [9.17, 15) is 19.6 Å². The van der Waals surface area contributed by atoms with E-state index in [0.717, 1.165) is 0 Å². The predicted octanol–water partition coefficient (Wildman–Crippen LogP) is 4.83. The molecule has 0 saturated carbocycles. The lowest BCUT2D eigenvalue weighted by Crippen LogP contribution is -2.40. The highest BCUT2D eigenvalue weighted by Crippen LogP contribution is 2.38. The average molecular weight is 630 g/mol. The predicted molar refractivity (Wildman–Crippen MR) is 166 cm³/mol. The number of halogens is 2. The van der Waals surface area contributed by atoms with Gasteiger partial charge in [-0.2, -0.15) is 5.26 Å². The Morgan fingerprint density at radius 3 is 2.65 bits per heavy atom. The number of ether oxygens (including phenoxy) is 1. The monoisotopic (exact) mass is 629 g/mol. The van der Waals surface area contributed by atoms with Gasteiger partial charge in [-0.3, -0.25) is 4.40 Å². The number of amides is 1. The third-order valence-electron chi connectivity index (χ3n) is 7.49. The van der Waals surface area contributed by atoms with Gasteiger partial charge in [-0.25, -0.2) is 28.2 Å². The van der Waals surface area contributed by atoms with Crippen molar-refractivity contribution in [1.82, 2.24) is 34.7 Å². The molecule has 2 N–H and O–H groups in total. The molecular formula is C32H33F2N9O3. The molecule has 14 heteroatoms. The quantitative estimate of drug-likeness (QED) is 0.270. The van der Waals surface area contributed by atoms with Crippen LogP contribution in [-0.2, 0) is 11.3 Å². The molecule has 1 atom stereocenters. The summed E-state index contributed by atoms with van der Waals surface area (Å²) in [5.74, 6) is -0.845. The molecular weight excluding hydrogens is 596 g/mol. The third kappa shape index (κ3) is 6.05. The summed E-state index contributed by atoms with van der Waals surface area (Å²) >= 11 is 0. The van der Waals surface area contributed by atoms with E-state index in [1.54, 1.807) is 63.5 Å². The molecule has 46 heavy (non-hydrogen) atoms. The van der Waals surface area contributed by atoms with Crippen LogP contribution < -0.4 is 10.2 Å². The van der Waals surface area contributed by atoms with Gasteiger partial charge in [-0.05, 0) is 59.2 Å². The summed E-state index contributed by atoms with van der Waals surface area (Å²) in [6.45, 7) is 9.71. The van der Waals surface area contributed by atoms with E-state index in [2.05, 4.69) is 20.6 Å². The number of anilines is 1. The molecule has 0 bridgehead atoms. The Morgan fingerprint density at radius 1 is 1.17 bits per heavy atom. The van der Waals surface area contributed by atoms with Crippen LogP contribution in [0, 0.1) is 23.0 Å². The van der Waals surface area contributed by atoms with Crippen molar-refractivity contribution in [2.24, 2.45) is 0 Å². The number of imidazole rings is 1. The van der Waals surface area contributed by atoms with Crippen LogP contribution in [0.2, 0.25) is 0 Å². The van der Waals surface area contributed by atoms with Crippen LogP contribution in [-0.4, -0.2) is 70.9 Å². The molecule has 0 unspecified atom stereocenters. The van der Waals surface area contributed by atoms with E-state index in [1.807, 2.05) is 11.0 Å². The minimum atomic E-state index is -1.11. The largest absolute Gasteiger partial charge is 0.444 e. The smallest absolute Gasteiger partial charge is 0.407 e. The second kappa shape index (κ2) is 11.3. The second-order valence-corrected chi connectivity index (χ2v) is 13.0. The van der Waals surface area contributed by atoms with Gasteiger partial charge in [0.05, 0.1) is 40.7 Å². The summed E-state index contributed by atoms with van der Waals surface area (Å²) in [5, 5.41) is 30.8. The maximum atomic E-state index is 16.1. The third-order valence-corrected chi connectivity index (χ3v) is 7.49. The van der Waals surface area contributed by atoms with Gasteiger partial charge >= 0.3 is 6.09 Å². The van der Waals surface area contributed by atoms with Gasteiger partial charge in [0, 0.05) is 42.7 Å². The molecule has 5 aromatic rings. The normalized spacial score (nSPS) is 15.5. The van der Waals surface area contributed by atoms with Crippen LogP contribution in [0.15, 0.2) is 42.7 Å². The van der Waals surface area contributed by atoms with Crippen molar-refractivity contribution in [2.75, 3.05) is 18.0 Å². The van der Waals surface area contributed by atoms with Crippen LogP contribution in [0.4, 0.5) is 19.4 Å². The first-order valence-corrected chi connectivity index (χ1v) is 14.8. The number of aliphatic hydroxyl groups is 1. The van der Waals surface area contributed by atoms with Crippen molar-refractivity contribution in [3.05, 3.63) is 59.9 Å². The van der Waals surface area contributed by atoms with Gasteiger partial charge < -0.3 is 20.1 Å². The zero-order chi connectivity index (χ0) is 33.0. The highest BCUT2D eigenvalue weighted by molar-refractivity contribution is 5.89. The average Bonchev–Trinajstić information content (AvgIpc) is 3.68. The number of carbonyl (C=O) groups is 1. The number of carbonyl (C=O) groups excluding carboxylic acids is 1. The molecule has 3 aromatic heterocycles. The highest BCUT2D eigenvalue weighted by atomic mass is 19.1. The van der Waals surface area contributed by atoms with E-state index in [4.69, 9.17) is 9.72 Å². The fraction of sp³-hybridized carbons (Fsp3) is 0.375. The standard InChI is InChI=1S/C32H33F2N9O3/c1-31(2,3)46-30(44)37-20-8-10-41(16-20)28-29-38-26(18-6-7-19(15-35)22(33)12-18)27(42(29)11-9-36-28)21-13-24-25(14-23(21)34)43(40-39-24)17-32(4,5)45/h6-7,9,11-14,20,45H,8,10,16-17H2,1-5H3,(H,37,44)/t20-/m1/s1. The number of rotatable bonds is 6. The number of alkyl carbamates (subject to hydrolysis) is 1. The number of hydrogen-bond donors (Lipinski definition) is 2. The zero-order valence-electron chi connectivity index (χ0n) is 26.0. The molecule has 1 aliphatic heterocycles. The van der Waals surface area contributed by atoms with E-state index < -0.39 is 28.9 Å². The van der Waals surface area contributed by atoms with E-state index in [0.29, 0.717) is 53.3 Å². The number of aromatic nitrogens is 6. The van der Waals surface area contributed by atoms with Gasteiger partial charge in [0.15, 0.2) is 11.5 Å². The summed E-state index contributed by atoms with van der Waals surface area (Å²) in [7, 11) is 0. The number of nitrogens with zero attached hydrogens (tertiary/aromatic N) is 8. The Bertz CT molecular complexity index is 2020. The Labute approximate surface area is 263 Å². The van der Waals surface area contributed by atoms with Crippen molar-refractivity contribution in [3.8, 4) is 28.6 Å². The summed E-state index contributed by atoms with van der Waals surface area (Å²) < 4.78 is 39.5. The zero-order valence-corrected chi connectivity index (χ0v) is 26.0. The van der Waals surface area contributed by atoms with Crippen molar-refractivity contribution < 1.29 is 23.4 Å². The molecule has 4 heterocycles. The van der Waals surface area contributed by atoms with E-state index >= 15 is 4.39 Å². The molecule has 1 amide bonds. The van der Waals surface area contributed by atoms with Gasteiger partial charge in [-0.15, -0.1) is 5.10 Å². The van der Waals surface area contributed by atoms with E-state index in [1.165, 1.54) is 22.9 Å². The fourth-order valence-electron chi connectivity index (χ4n) is 5.60. The Hall–Kier alpha value is -5.16. The SMILES string of the molecule is CC(C)(O)Cn1nnc2cc(-c3c(-c4ccc(C#N)c(F)c4)nc4c(N5CC[C@@H](NC(=O)OC(C)(C)C)C5)nccn34)c(F)cc21. The maximum Gasteiger partial charge on any atom is 0.407 e. The maximum absolute atomic E-state index is 16.1. The van der Waals surface area contributed by atoms with Crippen LogP contribution in [0.5, 0.6) is 0 Å². The second-order valence-electron chi connectivity index (χ2n) is 13.0. The Balaban J connectivity index is 1.46. The van der Waals surface area contributed by atoms with Crippen LogP contribution in [0.25, 0.3) is 39.2 Å². The molecule has 0 aliphatic carbocycles. The summed E-state index contributed by atoms with van der Waals surface area (Å²) in [6, 6.07) is 8.57. The van der Waals surface area contributed by atoms with Crippen molar-refractivity contribution >= 4 is 28.6 Å².